The maximum absolute atomic E-state index is 14.4. The van der Waals surface area contributed by atoms with Crippen LogP contribution < -0.4 is 41.4 Å². The van der Waals surface area contributed by atoms with Crippen molar-refractivity contribution in [1.82, 2.24) is 50.1 Å². The van der Waals surface area contributed by atoms with Crippen molar-refractivity contribution in [2.75, 3.05) is 62.8 Å². The van der Waals surface area contributed by atoms with E-state index in [0.29, 0.717) is 84.5 Å². The molecule has 30 heteroatoms. The van der Waals surface area contributed by atoms with Crippen LogP contribution in [0.15, 0.2) is 110 Å². The number of halogens is 6. The first-order valence-corrected chi connectivity index (χ1v) is 27.6. The lowest BCUT2D eigenvalue weighted by molar-refractivity contribution is -0.138. The maximum atomic E-state index is 14.4. The number of methoxy groups -OCH3 is 2. The molecule has 0 bridgehead atoms. The van der Waals surface area contributed by atoms with E-state index in [1.807, 2.05) is 0 Å². The lowest BCUT2D eigenvalue weighted by Crippen LogP contribution is -2.20. The molecule has 86 heavy (non-hydrogen) atoms. The monoisotopic (exact) mass is 1220 g/mol. The van der Waals surface area contributed by atoms with Gasteiger partial charge in [-0.05, 0) is 96.5 Å². The Hall–Kier alpha value is -9.15. The first-order valence-electron chi connectivity index (χ1n) is 26.4. The number of aliphatic hydroxyl groups is 2. The van der Waals surface area contributed by atoms with E-state index in [-0.39, 0.29) is 83.7 Å². The normalized spacial score (nSPS) is 11.6. The number of rotatable bonds is 28. The van der Waals surface area contributed by atoms with E-state index in [1.54, 1.807) is 58.4 Å². The van der Waals surface area contributed by atoms with Crippen LogP contribution in [-0.4, -0.2) is 103 Å². The van der Waals surface area contributed by atoms with Crippen molar-refractivity contribution >= 4 is 66.4 Å². The summed E-state index contributed by atoms with van der Waals surface area (Å²) in [6.45, 7) is 0.727. The number of carbonyl (C=O) groups is 2. The number of amides is 2. The van der Waals surface area contributed by atoms with E-state index in [9.17, 15) is 40.5 Å². The molecular weight excluding hydrogens is 1160 g/mol. The molecule has 0 atom stereocenters. The van der Waals surface area contributed by atoms with E-state index < -0.39 is 55.2 Å². The molecular formula is C56H59F6N14O9P. The number of ether oxygens (including phenoxy) is 2. The predicted molar refractivity (Wildman–Crippen MR) is 307 cm³/mol. The van der Waals surface area contributed by atoms with Crippen LogP contribution in [0.5, 0.6) is 11.5 Å². The van der Waals surface area contributed by atoms with Crippen molar-refractivity contribution < 1.29 is 69.2 Å². The highest BCUT2D eigenvalue weighted by Gasteiger charge is 2.37. The van der Waals surface area contributed by atoms with Crippen LogP contribution in [0.1, 0.15) is 68.7 Å². The van der Waals surface area contributed by atoms with Gasteiger partial charge in [-0.3, -0.25) is 23.5 Å². The third-order valence-corrected chi connectivity index (χ3v) is 13.7. The second kappa shape index (κ2) is 28.6. The molecule has 0 fully saturated rings. The molecule has 0 radical (unpaired) electrons. The summed E-state index contributed by atoms with van der Waals surface area (Å²) in [6, 6.07) is 18.4. The predicted octanol–water partition coefficient (Wildman–Crippen LogP) is 10.4. The van der Waals surface area contributed by atoms with Crippen molar-refractivity contribution in [3.63, 3.8) is 0 Å². The molecule has 4 heterocycles. The Bertz CT molecular complexity index is 3460. The van der Waals surface area contributed by atoms with Crippen molar-refractivity contribution in [2.45, 2.75) is 64.3 Å². The number of carbonyl (C=O) groups excluding carboxylic acids is 2. The van der Waals surface area contributed by atoms with Crippen LogP contribution in [0.25, 0.3) is 22.3 Å². The number of aromatic nitrogens is 8. The molecule has 0 aliphatic rings. The summed E-state index contributed by atoms with van der Waals surface area (Å²) in [5.41, 5.74) is 1.48. The third kappa shape index (κ3) is 16.2. The second-order valence-corrected chi connectivity index (χ2v) is 19.9. The second-order valence-electron chi connectivity index (χ2n) is 18.8. The number of hydrogen-bond acceptors (Lipinski definition) is 19. The topological polar surface area (TPSA) is 288 Å². The Labute approximate surface area is 488 Å². The Morgan fingerprint density at radius 3 is 1.33 bits per heavy atom. The molecule has 454 valence electrons. The lowest BCUT2D eigenvalue weighted by atomic mass is 10.0. The summed E-state index contributed by atoms with van der Waals surface area (Å²) < 4.78 is 125. The smallest absolute Gasteiger partial charge is 0.421 e. The molecule has 4 aromatic carbocycles. The summed E-state index contributed by atoms with van der Waals surface area (Å²) in [7, 11) is 2.30. The highest BCUT2D eigenvalue weighted by atomic mass is 31.1. The van der Waals surface area contributed by atoms with Gasteiger partial charge in [0.2, 0.25) is 11.9 Å². The zero-order valence-electron chi connectivity index (χ0n) is 46.6. The number of benzene rings is 4. The van der Waals surface area contributed by atoms with Gasteiger partial charge < -0.3 is 60.6 Å². The molecule has 8 aromatic rings. The van der Waals surface area contributed by atoms with Crippen molar-refractivity contribution in [2.24, 2.45) is 0 Å². The number of aliphatic hydroxyl groups excluding tert-OH is 2. The molecule has 4 aromatic heterocycles. The van der Waals surface area contributed by atoms with Gasteiger partial charge >= 0.3 is 20.6 Å². The van der Waals surface area contributed by atoms with Crippen LogP contribution in [0, 0.1) is 0 Å². The van der Waals surface area contributed by atoms with Gasteiger partial charge in [0.15, 0.2) is 0 Å². The first-order chi connectivity index (χ1) is 41.3. The number of nitrogens with one attached hydrogen (secondary N) is 6. The van der Waals surface area contributed by atoms with Crippen LogP contribution in [-0.2, 0) is 52.3 Å². The molecule has 8 N–H and O–H groups in total. The van der Waals surface area contributed by atoms with Crippen molar-refractivity contribution in [1.29, 1.82) is 0 Å². The average molecular weight is 1220 g/mol. The standard InChI is InChI=1S/C56H59F6N14O9P/c1-63-51(79)39-23-35(37-25-67-75(29-37)17-5-7-19-77)11-15-43(39)69-49-41(55(57,58)59)27-65-53(73-49)71-45-13-9-33(21-47(45)82-3)31-84-86(81)85-32-34-10-14-46(48(22-34)83-4)72-54-66-28-42(56(60,61)62)50(74-54)70-44-16-12-36(24-40(44)52(80)64-2)38-26-68-76(30-38)18-6-8-20-78/h9-16,21-30,77-78,86H,5-8,17-20,31-32H2,1-4H3,(H,63,79)(H,64,80)(H2,65,69,71,73)(H2,66,70,72,74). The molecule has 0 aliphatic carbocycles. The van der Waals surface area contributed by atoms with Crippen molar-refractivity contribution in [3.8, 4) is 33.8 Å². The van der Waals surface area contributed by atoms with Crippen LogP contribution in [0.3, 0.4) is 0 Å². The maximum Gasteiger partial charge on any atom is 0.421 e. The fourth-order valence-corrected chi connectivity index (χ4v) is 9.17. The zero-order valence-corrected chi connectivity index (χ0v) is 47.6. The van der Waals surface area contributed by atoms with Gasteiger partial charge in [-0.15, -0.1) is 0 Å². The van der Waals surface area contributed by atoms with Gasteiger partial charge in [-0.2, -0.15) is 46.5 Å². The fourth-order valence-electron chi connectivity index (χ4n) is 8.52. The summed E-state index contributed by atoms with van der Waals surface area (Å²) in [5, 5.41) is 43.0. The van der Waals surface area contributed by atoms with Crippen LogP contribution in [0.4, 0.5) is 72.6 Å². The van der Waals surface area contributed by atoms with E-state index in [1.165, 1.54) is 76.8 Å². The largest absolute Gasteiger partial charge is 0.495 e. The van der Waals surface area contributed by atoms with E-state index in [2.05, 4.69) is 62.0 Å². The van der Waals surface area contributed by atoms with Crippen molar-refractivity contribution in [3.05, 3.63) is 143 Å². The Morgan fingerprint density at radius 2 is 0.953 bits per heavy atom. The molecule has 0 unspecified atom stereocenters. The highest BCUT2D eigenvalue weighted by Crippen LogP contribution is 2.40. The van der Waals surface area contributed by atoms with Crippen LogP contribution in [0.2, 0.25) is 0 Å². The molecule has 8 rings (SSSR count). The summed E-state index contributed by atoms with van der Waals surface area (Å²) in [6.07, 6.45) is 0.641. The molecule has 0 aliphatic heterocycles. The van der Waals surface area contributed by atoms with E-state index in [0.717, 1.165) is 0 Å². The first kappa shape index (κ1) is 62.9. The molecule has 23 nitrogen and oxygen atoms in total. The number of hydrogen-bond donors (Lipinski definition) is 8. The molecule has 0 spiro atoms. The van der Waals surface area contributed by atoms with Gasteiger partial charge in [0.1, 0.15) is 34.3 Å². The van der Waals surface area contributed by atoms with E-state index >= 15 is 0 Å². The van der Waals surface area contributed by atoms with Gasteiger partial charge in [-0.25, -0.2) is 9.97 Å². The minimum atomic E-state index is -4.91. The SMILES string of the molecule is CNC(=O)c1cc(-c2cnn(CCCCO)c2)ccc1Nc1nc(Nc2ccc(CO[PH](=O)OCc3ccc(Nc4ncc(C(F)(F)F)c(Nc5ccc(-c6cnn(CCCCO)c6)cc5C(=O)NC)n4)c(OC)c3)cc2OC)ncc1C(F)(F)F. The highest BCUT2D eigenvalue weighted by molar-refractivity contribution is 7.33. The number of alkyl halides is 6. The van der Waals surface area contributed by atoms with Gasteiger partial charge in [0.05, 0.1) is 73.7 Å². The average Bonchev–Trinajstić information content (AvgIpc) is 2.12. The minimum absolute atomic E-state index is 0.0158. The lowest BCUT2D eigenvalue weighted by Gasteiger charge is -2.18. The number of nitrogens with zero attached hydrogens (tertiary/aromatic N) is 8. The molecule has 0 saturated carbocycles. The van der Waals surface area contributed by atoms with E-state index in [4.69, 9.17) is 28.7 Å². The summed E-state index contributed by atoms with van der Waals surface area (Å²) in [4.78, 5) is 42.3. The Kier molecular flexibility index (Phi) is 20.9. The Balaban J connectivity index is 0.901. The number of unbranched alkanes of at least 4 members (excludes halogenated alkanes) is 2. The minimum Gasteiger partial charge on any atom is -0.495 e. The van der Waals surface area contributed by atoms with Gasteiger partial charge in [0.25, 0.3) is 11.8 Å². The Morgan fingerprint density at radius 1 is 0.547 bits per heavy atom. The van der Waals surface area contributed by atoms with Crippen LogP contribution >= 0.6 is 8.25 Å². The number of anilines is 8. The molecule has 2 amide bonds. The summed E-state index contributed by atoms with van der Waals surface area (Å²) >= 11 is 0. The van der Waals surface area contributed by atoms with Gasteiger partial charge in [-0.1, -0.05) is 24.3 Å². The third-order valence-electron chi connectivity index (χ3n) is 12.9. The summed E-state index contributed by atoms with van der Waals surface area (Å²) in [5.74, 6) is -2.67. The quantitative estimate of drug-likeness (QED) is 0.0128. The number of aryl methyl sites for hydroxylation is 2. The zero-order chi connectivity index (χ0) is 61.5. The molecule has 0 saturated heterocycles. The van der Waals surface area contributed by atoms with Gasteiger partial charge in [0, 0.05) is 76.3 Å². The fraction of sp³-hybridized carbons (Fsp3) is 0.286.